The predicted octanol–water partition coefficient (Wildman–Crippen LogP) is 4.61. The number of nitrogens with zero attached hydrogens (tertiary/aromatic N) is 3. The Labute approximate surface area is 150 Å². The summed E-state index contributed by atoms with van der Waals surface area (Å²) in [6.07, 6.45) is -0.0386. The van der Waals surface area contributed by atoms with Crippen molar-refractivity contribution in [1.82, 2.24) is 14.8 Å². The number of halogens is 2. The van der Waals surface area contributed by atoms with E-state index in [1.54, 1.807) is 16.8 Å². The van der Waals surface area contributed by atoms with Gasteiger partial charge >= 0.3 is 6.01 Å². The number of nitrogen functional groups attached to an aromatic ring is 1. The van der Waals surface area contributed by atoms with Crippen LogP contribution in [0.5, 0.6) is 6.01 Å². The molecule has 0 bridgehead atoms. The fourth-order valence-electron chi connectivity index (χ4n) is 2.21. The van der Waals surface area contributed by atoms with Gasteiger partial charge in [0.05, 0.1) is 21.8 Å². The van der Waals surface area contributed by atoms with Crippen LogP contribution in [0.3, 0.4) is 0 Å². The second kappa shape index (κ2) is 6.71. The smallest absolute Gasteiger partial charge is 0.336 e. The number of benzene rings is 2. The summed E-state index contributed by atoms with van der Waals surface area (Å²) < 4.78 is 7.30. The van der Waals surface area contributed by atoms with Gasteiger partial charge in [0.15, 0.2) is 5.82 Å². The van der Waals surface area contributed by atoms with Crippen molar-refractivity contribution in [2.75, 3.05) is 5.73 Å². The summed E-state index contributed by atoms with van der Waals surface area (Å²) in [5, 5.41) is 5.37. The molecular formula is C17H16Cl2N4O. The second-order valence-electron chi connectivity index (χ2n) is 5.52. The van der Waals surface area contributed by atoms with Gasteiger partial charge in [-0.3, -0.25) is 0 Å². The van der Waals surface area contributed by atoms with Crippen LogP contribution in [0.2, 0.25) is 10.0 Å². The first-order chi connectivity index (χ1) is 11.4. The molecule has 0 saturated carbocycles. The number of anilines is 1. The highest BCUT2D eigenvalue weighted by atomic mass is 35.5. The Morgan fingerprint density at radius 2 is 1.88 bits per heavy atom. The summed E-state index contributed by atoms with van der Waals surface area (Å²) in [7, 11) is 0. The van der Waals surface area contributed by atoms with E-state index in [4.69, 9.17) is 33.7 Å². The van der Waals surface area contributed by atoms with Crippen molar-refractivity contribution in [3.8, 4) is 23.1 Å². The van der Waals surface area contributed by atoms with Crippen LogP contribution in [0.25, 0.3) is 17.1 Å². The lowest BCUT2D eigenvalue weighted by Crippen LogP contribution is -2.07. The first-order valence-electron chi connectivity index (χ1n) is 7.39. The first-order valence-corrected chi connectivity index (χ1v) is 8.14. The molecule has 3 aromatic rings. The molecule has 0 aliphatic heterocycles. The van der Waals surface area contributed by atoms with Crippen LogP contribution in [0, 0.1) is 0 Å². The Balaban J connectivity index is 2.15. The number of aromatic nitrogens is 3. The lowest BCUT2D eigenvalue weighted by molar-refractivity contribution is 0.222. The Hall–Kier alpha value is -2.24. The Kier molecular flexibility index (Phi) is 4.64. The van der Waals surface area contributed by atoms with E-state index >= 15 is 0 Å². The van der Waals surface area contributed by atoms with Gasteiger partial charge in [-0.05, 0) is 50.2 Å². The molecule has 0 unspecified atom stereocenters. The average Bonchev–Trinajstić information content (AvgIpc) is 2.93. The van der Waals surface area contributed by atoms with Crippen LogP contribution in [-0.4, -0.2) is 20.9 Å². The molecule has 0 radical (unpaired) electrons. The fourth-order valence-corrected chi connectivity index (χ4v) is 2.51. The van der Waals surface area contributed by atoms with E-state index in [1.807, 2.05) is 44.2 Å². The van der Waals surface area contributed by atoms with Crippen molar-refractivity contribution in [2.24, 2.45) is 0 Å². The molecule has 3 rings (SSSR count). The molecule has 1 heterocycles. The lowest BCUT2D eigenvalue weighted by atomic mass is 10.2. The average molecular weight is 363 g/mol. The molecule has 124 valence electrons. The Bertz CT molecular complexity index is 877. The van der Waals surface area contributed by atoms with Crippen LogP contribution in [0.4, 0.5) is 5.69 Å². The number of nitrogens with two attached hydrogens (primary N) is 1. The van der Waals surface area contributed by atoms with Gasteiger partial charge in [0.25, 0.3) is 0 Å². The predicted molar refractivity (Wildman–Crippen MR) is 97.0 cm³/mol. The normalized spacial score (nSPS) is 11.0. The van der Waals surface area contributed by atoms with Gasteiger partial charge in [-0.1, -0.05) is 29.3 Å². The van der Waals surface area contributed by atoms with E-state index in [2.05, 4.69) is 10.1 Å². The molecule has 2 aromatic carbocycles. The molecule has 0 atom stereocenters. The van der Waals surface area contributed by atoms with Gasteiger partial charge in [0, 0.05) is 11.3 Å². The number of ether oxygens (including phenoxy) is 1. The van der Waals surface area contributed by atoms with Crippen molar-refractivity contribution in [3.05, 3.63) is 52.5 Å². The number of hydrogen-bond donors (Lipinski definition) is 1. The van der Waals surface area contributed by atoms with E-state index in [1.165, 1.54) is 0 Å². The molecule has 0 aliphatic carbocycles. The standard InChI is InChI=1S/C17H16Cl2N4O/c1-10(2)24-17-21-16(11-6-7-14(18)15(19)8-11)23(22-17)13-5-3-4-12(20)9-13/h3-10H,20H2,1-2H3. The van der Waals surface area contributed by atoms with E-state index in [0.29, 0.717) is 21.6 Å². The highest BCUT2D eigenvalue weighted by molar-refractivity contribution is 6.42. The maximum absolute atomic E-state index is 6.14. The molecule has 7 heteroatoms. The van der Waals surface area contributed by atoms with Crippen LogP contribution < -0.4 is 10.5 Å². The molecule has 0 aliphatic rings. The lowest BCUT2D eigenvalue weighted by Gasteiger charge is -2.07. The third-order valence-electron chi connectivity index (χ3n) is 3.22. The third-order valence-corrected chi connectivity index (χ3v) is 3.96. The molecule has 1 aromatic heterocycles. The number of hydrogen-bond acceptors (Lipinski definition) is 4. The summed E-state index contributed by atoms with van der Waals surface area (Å²) in [6, 6.07) is 13.0. The van der Waals surface area contributed by atoms with Crippen molar-refractivity contribution >= 4 is 28.9 Å². The van der Waals surface area contributed by atoms with Crippen LogP contribution >= 0.6 is 23.2 Å². The van der Waals surface area contributed by atoms with Gasteiger partial charge < -0.3 is 10.5 Å². The Morgan fingerprint density at radius 1 is 1.08 bits per heavy atom. The summed E-state index contributed by atoms with van der Waals surface area (Å²) in [6.45, 7) is 3.83. The van der Waals surface area contributed by atoms with Crippen LogP contribution in [-0.2, 0) is 0 Å². The second-order valence-corrected chi connectivity index (χ2v) is 6.33. The van der Waals surface area contributed by atoms with Crippen molar-refractivity contribution in [3.63, 3.8) is 0 Å². The molecule has 24 heavy (non-hydrogen) atoms. The zero-order chi connectivity index (χ0) is 17.3. The van der Waals surface area contributed by atoms with Gasteiger partial charge in [0.2, 0.25) is 0 Å². The van der Waals surface area contributed by atoms with Gasteiger partial charge in [-0.15, -0.1) is 5.10 Å². The summed E-state index contributed by atoms with van der Waals surface area (Å²) >= 11 is 12.1. The van der Waals surface area contributed by atoms with Crippen molar-refractivity contribution in [1.29, 1.82) is 0 Å². The quantitative estimate of drug-likeness (QED) is 0.688. The summed E-state index contributed by atoms with van der Waals surface area (Å²) in [5.41, 5.74) is 8.07. The molecule has 0 spiro atoms. The van der Waals surface area contributed by atoms with Gasteiger partial charge in [-0.2, -0.15) is 4.98 Å². The molecule has 2 N–H and O–H groups in total. The van der Waals surface area contributed by atoms with Crippen LogP contribution in [0.15, 0.2) is 42.5 Å². The molecule has 0 saturated heterocycles. The van der Waals surface area contributed by atoms with Gasteiger partial charge in [0.1, 0.15) is 0 Å². The molecular weight excluding hydrogens is 347 g/mol. The molecule has 5 nitrogen and oxygen atoms in total. The topological polar surface area (TPSA) is 66.0 Å². The zero-order valence-electron chi connectivity index (χ0n) is 13.2. The highest BCUT2D eigenvalue weighted by Gasteiger charge is 2.16. The van der Waals surface area contributed by atoms with Crippen molar-refractivity contribution in [2.45, 2.75) is 20.0 Å². The van der Waals surface area contributed by atoms with E-state index in [-0.39, 0.29) is 12.1 Å². The largest absolute Gasteiger partial charge is 0.460 e. The van der Waals surface area contributed by atoms with Crippen molar-refractivity contribution < 1.29 is 4.74 Å². The third kappa shape index (κ3) is 3.47. The first kappa shape index (κ1) is 16.6. The minimum absolute atomic E-state index is 0.0386. The zero-order valence-corrected chi connectivity index (χ0v) is 14.7. The minimum atomic E-state index is -0.0386. The molecule has 0 fully saturated rings. The molecule has 0 amide bonds. The van der Waals surface area contributed by atoms with E-state index in [9.17, 15) is 0 Å². The highest BCUT2D eigenvalue weighted by Crippen LogP contribution is 2.30. The minimum Gasteiger partial charge on any atom is -0.460 e. The monoisotopic (exact) mass is 362 g/mol. The maximum atomic E-state index is 6.14. The van der Waals surface area contributed by atoms with E-state index < -0.39 is 0 Å². The van der Waals surface area contributed by atoms with E-state index in [0.717, 1.165) is 11.3 Å². The Morgan fingerprint density at radius 3 is 2.54 bits per heavy atom. The maximum Gasteiger partial charge on any atom is 0.336 e. The summed E-state index contributed by atoms with van der Waals surface area (Å²) in [4.78, 5) is 4.48. The van der Waals surface area contributed by atoms with Gasteiger partial charge in [-0.25, -0.2) is 4.68 Å². The summed E-state index contributed by atoms with van der Waals surface area (Å²) in [5.74, 6) is 0.592. The number of rotatable bonds is 4. The fraction of sp³-hybridized carbons (Fsp3) is 0.176. The van der Waals surface area contributed by atoms with Crippen LogP contribution in [0.1, 0.15) is 13.8 Å². The SMILES string of the molecule is CC(C)Oc1nc(-c2ccc(Cl)c(Cl)c2)n(-c2cccc(N)c2)n1.